The molecule has 0 spiro atoms. The van der Waals surface area contributed by atoms with Crippen LogP contribution < -0.4 is 0 Å². The molecular formula is C18H18FNO2. The third-order valence-corrected chi connectivity index (χ3v) is 4.27. The van der Waals surface area contributed by atoms with Crippen molar-refractivity contribution in [1.29, 1.82) is 0 Å². The predicted octanol–water partition coefficient (Wildman–Crippen LogP) is 3.13. The molecule has 1 N–H and O–H groups in total. The third kappa shape index (κ3) is 3.02. The van der Waals surface area contributed by atoms with Gasteiger partial charge in [-0.3, -0.25) is 9.69 Å². The third-order valence-electron chi connectivity index (χ3n) is 4.27. The van der Waals surface area contributed by atoms with Crippen LogP contribution in [0.4, 0.5) is 4.39 Å². The molecule has 1 aliphatic rings. The first-order valence-corrected chi connectivity index (χ1v) is 7.38. The molecule has 0 bridgehead atoms. The van der Waals surface area contributed by atoms with Gasteiger partial charge in [0, 0.05) is 25.6 Å². The highest BCUT2D eigenvalue weighted by Gasteiger charge is 2.39. The number of hydrogen-bond donors (Lipinski definition) is 1. The Labute approximate surface area is 129 Å². The zero-order valence-electron chi connectivity index (χ0n) is 12.2. The van der Waals surface area contributed by atoms with Gasteiger partial charge in [0.05, 0.1) is 5.92 Å². The van der Waals surface area contributed by atoms with Gasteiger partial charge >= 0.3 is 5.97 Å². The maximum Gasteiger partial charge on any atom is 0.308 e. The molecule has 0 saturated carbocycles. The van der Waals surface area contributed by atoms with E-state index in [1.54, 1.807) is 18.2 Å². The molecule has 4 heteroatoms. The van der Waals surface area contributed by atoms with Crippen LogP contribution in [0.3, 0.4) is 0 Å². The van der Waals surface area contributed by atoms with Gasteiger partial charge in [0.25, 0.3) is 0 Å². The lowest BCUT2D eigenvalue weighted by molar-refractivity contribution is -0.141. The quantitative estimate of drug-likeness (QED) is 0.943. The molecule has 1 fully saturated rings. The van der Waals surface area contributed by atoms with Gasteiger partial charge in [0.15, 0.2) is 0 Å². The lowest BCUT2D eigenvalue weighted by atomic mass is 9.89. The highest BCUT2D eigenvalue weighted by Crippen LogP contribution is 2.34. The maximum absolute atomic E-state index is 14.0. The summed E-state index contributed by atoms with van der Waals surface area (Å²) >= 11 is 0. The van der Waals surface area contributed by atoms with Crippen LogP contribution in [0.25, 0.3) is 0 Å². The van der Waals surface area contributed by atoms with E-state index in [0.717, 1.165) is 5.56 Å². The summed E-state index contributed by atoms with van der Waals surface area (Å²) in [5, 5.41) is 9.47. The number of carbonyl (C=O) groups is 1. The summed E-state index contributed by atoms with van der Waals surface area (Å²) in [7, 11) is 0. The Hall–Kier alpha value is -2.20. The fraction of sp³-hybridized carbons (Fsp3) is 0.278. The Kier molecular flexibility index (Phi) is 4.20. The van der Waals surface area contributed by atoms with Gasteiger partial charge in [-0.25, -0.2) is 4.39 Å². The van der Waals surface area contributed by atoms with Gasteiger partial charge in [-0.05, 0) is 17.2 Å². The predicted molar refractivity (Wildman–Crippen MR) is 82.0 cm³/mol. The van der Waals surface area contributed by atoms with E-state index >= 15 is 0 Å². The SMILES string of the molecule is O=C(O)[C@@H]1CN(Cc2ccccc2)C[C@H]1c1ccccc1F. The van der Waals surface area contributed by atoms with Crippen LogP contribution in [0.2, 0.25) is 0 Å². The lowest BCUT2D eigenvalue weighted by Crippen LogP contribution is -2.23. The number of aliphatic carboxylic acids is 1. The van der Waals surface area contributed by atoms with Crippen molar-refractivity contribution >= 4 is 5.97 Å². The van der Waals surface area contributed by atoms with Crippen LogP contribution >= 0.6 is 0 Å². The lowest BCUT2D eigenvalue weighted by Gasteiger charge is -2.16. The van der Waals surface area contributed by atoms with Gasteiger partial charge in [0.2, 0.25) is 0 Å². The van der Waals surface area contributed by atoms with Gasteiger partial charge in [-0.2, -0.15) is 0 Å². The minimum atomic E-state index is -0.858. The van der Waals surface area contributed by atoms with Crippen molar-refractivity contribution in [2.75, 3.05) is 13.1 Å². The molecule has 1 heterocycles. The van der Waals surface area contributed by atoms with Crippen LogP contribution in [0, 0.1) is 11.7 Å². The largest absolute Gasteiger partial charge is 0.481 e. The van der Waals surface area contributed by atoms with E-state index in [-0.39, 0.29) is 11.7 Å². The van der Waals surface area contributed by atoms with E-state index < -0.39 is 11.9 Å². The Bertz CT molecular complexity index is 659. The molecule has 0 unspecified atom stereocenters. The summed E-state index contributed by atoms with van der Waals surface area (Å²) in [6, 6.07) is 16.4. The molecule has 2 atom stereocenters. The zero-order valence-corrected chi connectivity index (χ0v) is 12.2. The number of halogens is 1. The Balaban J connectivity index is 1.81. The average Bonchev–Trinajstić information content (AvgIpc) is 2.92. The van der Waals surface area contributed by atoms with Gasteiger partial charge < -0.3 is 5.11 Å². The Morgan fingerprint density at radius 2 is 1.77 bits per heavy atom. The van der Waals surface area contributed by atoms with Crippen molar-refractivity contribution in [3.8, 4) is 0 Å². The fourth-order valence-electron chi connectivity index (χ4n) is 3.20. The molecule has 0 radical (unpaired) electrons. The second-order valence-electron chi connectivity index (χ2n) is 5.75. The Morgan fingerprint density at radius 3 is 2.45 bits per heavy atom. The molecule has 2 aromatic carbocycles. The highest BCUT2D eigenvalue weighted by atomic mass is 19.1. The van der Waals surface area contributed by atoms with Gasteiger partial charge in [-0.15, -0.1) is 0 Å². The van der Waals surface area contributed by atoms with Crippen molar-refractivity contribution in [3.05, 3.63) is 71.5 Å². The number of rotatable bonds is 4. The molecular weight excluding hydrogens is 281 g/mol. The molecule has 3 rings (SSSR count). The van der Waals surface area contributed by atoms with E-state index in [4.69, 9.17) is 0 Å². The van der Waals surface area contributed by atoms with Crippen molar-refractivity contribution in [2.45, 2.75) is 12.5 Å². The summed E-state index contributed by atoms with van der Waals surface area (Å²) in [4.78, 5) is 13.6. The average molecular weight is 299 g/mol. The van der Waals surface area contributed by atoms with Crippen LogP contribution in [0.5, 0.6) is 0 Å². The molecule has 22 heavy (non-hydrogen) atoms. The first-order chi connectivity index (χ1) is 10.6. The maximum atomic E-state index is 14.0. The number of benzene rings is 2. The summed E-state index contributed by atoms with van der Waals surface area (Å²) in [5.41, 5.74) is 1.64. The van der Waals surface area contributed by atoms with Gasteiger partial charge in [-0.1, -0.05) is 48.5 Å². The van der Waals surface area contributed by atoms with E-state index in [0.29, 0.717) is 25.2 Å². The van der Waals surface area contributed by atoms with Crippen LogP contribution in [-0.2, 0) is 11.3 Å². The molecule has 2 aromatic rings. The van der Waals surface area contributed by atoms with E-state index in [1.165, 1.54) is 6.07 Å². The van der Waals surface area contributed by atoms with Crippen LogP contribution in [-0.4, -0.2) is 29.1 Å². The zero-order chi connectivity index (χ0) is 15.5. The summed E-state index contributed by atoms with van der Waals surface area (Å²) in [6.07, 6.45) is 0. The van der Waals surface area contributed by atoms with E-state index in [2.05, 4.69) is 4.90 Å². The number of carboxylic acid groups (broad SMARTS) is 1. The number of likely N-dealkylation sites (tertiary alicyclic amines) is 1. The molecule has 3 nitrogen and oxygen atoms in total. The second kappa shape index (κ2) is 6.28. The second-order valence-corrected chi connectivity index (χ2v) is 5.75. The first kappa shape index (κ1) is 14.7. The first-order valence-electron chi connectivity index (χ1n) is 7.38. The topological polar surface area (TPSA) is 40.5 Å². The summed E-state index contributed by atoms with van der Waals surface area (Å²) in [6.45, 7) is 1.70. The number of carboxylic acids is 1. The molecule has 114 valence electrons. The van der Waals surface area contributed by atoms with Crippen molar-refractivity contribution in [2.24, 2.45) is 5.92 Å². The molecule has 0 aliphatic carbocycles. The smallest absolute Gasteiger partial charge is 0.308 e. The summed E-state index contributed by atoms with van der Waals surface area (Å²) in [5.74, 6) is -2.05. The van der Waals surface area contributed by atoms with E-state index in [9.17, 15) is 14.3 Å². The monoisotopic (exact) mass is 299 g/mol. The highest BCUT2D eigenvalue weighted by molar-refractivity contribution is 5.72. The van der Waals surface area contributed by atoms with Crippen molar-refractivity contribution in [3.63, 3.8) is 0 Å². The standard InChI is InChI=1S/C18H18FNO2/c19-17-9-5-4-8-14(17)15-11-20(12-16(15)18(21)22)10-13-6-2-1-3-7-13/h1-9,15-16H,10-12H2,(H,21,22)/t15-,16+/m0/s1. The number of hydrogen-bond acceptors (Lipinski definition) is 2. The molecule has 1 saturated heterocycles. The summed E-state index contributed by atoms with van der Waals surface area (Å²) < 4.78 is 14.0. The van der Waals surface area contributed by atoms with Crippen LogP contribution in [0.15, 0.2) is 54.6 Å². The van der Waals surface area contributed by atoms with Crippen molar-refractivity contribution in [1.82, 2.24) is 4.90 Å². The molecule has 1 aliphatic heterocycles. The van der Waals surface area contributed by atoms with Crippen molar-refractivity contribution < 1.29 is 14.3 Å². The Morgan fingerprint density at radius 1 is 1.09 bits per heavy atom. The fourth-order valence-corrected chi connectivity index (χ4v) is 3.20. The number of nitrogens with zero attached hydrogens (tertiary/aromatic N) is 1. The van der Waals surface area contributed by atoms with Gasteiger partial charge in [0.1, 0.15) is 5.82 Å². The molecule has 0 amide bonds. The minimum Gasteiger partial charge on any atom is -0.481 e. The minimum absolute atomic E-state index is 0.303. The van der Waals surface area contributed by atoms with E-state index in [1.807, 2.05) is 30.3 Å². The van der Waals surface area contributed by atoms with Crippen LogP contribution in [0.1, 0.15) is 17.0 Å². The normalized spacial score (nSPS) is 21.9. The molecule has 0 aromatic heterocycles.